The molecule has 4 rings (SSSR count). The number of H-pyrrole nitrogens is 1. The number of rotatable bonds is 5. The molecule has 3 nitrogen and oxygen atoms in total. The normalized spacial score (nSPS) is 16.8. The van der Waals surface area contributed by atoms with E-state index >= 15 is 0 Å². The van der Waals surface area contributed by atoms with Crippen LogP contribution in [-0.4, -0.2) is 15.1 Å². The number of hydrogen-bond acceptors (Lipinski definition) is 2. The summed E-state index contributed by atoms with van der Waals surface area (Å²) in [5.41, 5.74) is 3.21. The molecule has 28 heavy (non-hydrogen) atoms. The number of nitrogens with zero attached hydrogens (tertiary/aromatic N) is 1. The predicted molar refractivity (Wildman–Crippen MR) is 111 cm³/mol. The Balaban J connectivity index is 1.75. The lowest BCUT2D eigenvalue weighted by Crippen LogP contribution is -2.18. The van der Waals surface area contributed by atoms with Crippen molar-refractivity contribution in [2.75, 3.05) is 0 Å². The summed E-state index contributed by atoms with van der Waals surface area (Å²) in [5.74, 6) is 0.428. The van der Waals surface area contributed by atoms with Gasteiger partial charge < -0.3 is 10.1 Å². The summed E-state index contributed by atoms with van der Waals surface area (Å²) < 4.78 is 14.8. The van der Waals surface area contributed by atoms with Gasteiger partial charge in [0.15, 0.2) is 0 Å². The van der Waals surface area contributed by atoms with Crippen molar-refractivity contribution in [3.05, 3.63) is 64.7 Å². The van der Waals surface area contributed by atoms with Gasteiger partial charge in [0.1, 0.15) is 11.5 Å². The van der Waals surface area contributed by atoms with E-state index in [1.165, 1.54) is 25.7 Å². The molecule has 0 saturated heterocycles. The van der Waals surface area contributed by atoms with Crippen LogP contribution in [0.4, 0.5) is 4.39 Å². The van der Waals surface area contributed by atoms with Crippen LogP contribution >= 0.6 is 0 Å². The lowest BCUT2D eigenvalue weighted by molar-refractivity contribution is 0.0745. The molecule has 0 radical (unpaired) electrons. The Bertz CT molecular complexity index is 980. The summed E-state index contributed by atoms with van der Waals surface area (Å²) in [6.45, 7) is 5.28. The van der Waals surface area contributed by atoms with Crippen molar-refractivity contribution in [2.24, 2.45) is 5.92 Å². The van der Waals surface area contributed by atoms with Crippen molar-refractivity contribution in [3.63, 3.8) is 0 Å². The van der Waals surface area contributed by atoms with Gasteiger partial charge in [-0.3, -0.25) is 0 Å². The van der Waals surface area contributed by atoms with E-state index in [0.717, 1.165) is 34.3 Å². The third kappa shape index (κ3) is 3.83. The molecule has 2 heterocycles. The number of hydrogen-bond donors (Lipinski definition) is 2. The topological polar surface area (TPSA) is 48.9 Å². The van der Waals surface area contributed by atoms with Gasteiger partial charge in [0.25, 0.3) is 0 Å². The summed E-state index contributed by atoms with van der Waals surface area (Å²) in [5, 5.41) is 11.3. The van der Waals surface area contributed by atoms with E-state index < -0.39 is 5.60 Å². The van der Waals surface area contributed by atoms with Crippen LogP contribution in [0.2, 0.25) is 0 Å². The van der Waals surface area contributed by atoms with Crippen LogP contribution in [0.5, 0.6) is 0 Å². The molecule has 1 aliphatic carbocycles. The van der Waals surface area contributed by atoms with E-state index in [0.29, 0.717) is 11.5 Å². The van der Waals surface area contributed by atoms with Gasteiger partial charge in [0.05, 0.1) is 5.60 Å². The number of nitrogens with one attached hydrogen (secondary N) is 1. The lowest BCUT2D eigenvalue weighted by Gasteiger charge is -2.23. The van der Waals surface area contributed by atoms with Gasteiger partial charge in [-0.25, -0.2) is 9.37 Å². The van der Waals surface area contributed by atoms with Crippen molar-refractivity contribution >= 4 is 11.0 Å². The summed E-state index contributed by atoms with van der Waals surface area (Å²) >= 11 is 0. The monoisotopic (exact) mass is 380 g/mol. The second-order valence-corrected chi connectivity index (χ2v) is 8.91. The number of pyridine rings is 1. The highest BCUT2D eigenvalue weighted by Gasteiger charge is 2.26. The first-order chi connectivity index (χ1) is 13.3. The maximum Gasteiger partial charge on any atom is 0.137 e. The van der Waals surface area contributed by atoms with Gasteiger partial charge in [0, 0.05) is 28.8 Å². The molecule has 1 saturated carbocycles. The molecule has 3 aromatic rings. The predicted octanol–water partition coefficient (Wildman–Crippen LogP) is 5.95. The van der Waals surface area contributed by atoms with Crippen LogP contribution in [0.25, 0.3) is 11.0 Å². The van der Waals surface area contributed by atoms with Crippen molar-refractivity contribution < 1.29 is 9.50 Å². The smallest absolute Gasteiger partial charge is 0.137 e. The Hall–Kier alpha value is -2.20. The molecular formula is C24H29FN2O. The minimum absolute atomic E-state index is 0.1000. The van der Waals surface area contributed by atoms with E-state index in [-0.39, 0.29) is 11.7 Å². The van der Waals surface area contributed by atoms with Gasteiger partial charge in [-0.1, -0.05) is 37.8 Å². The van der Waals surface area contributed by atoms with Gasteiger partial charge in [0.2, 0.25) is 0 Å². The van der Waals surface area contributed by atoms with E-state index in [9.17, 15) is 9.50 Å². The Labute approximate surface area is 166 Å². The van der Waals surface area contributed by atoms with Crippen LogP contribution in [-0.2, 0) is 5.60 Å². The number of fused-ring (bicyclic) bond motifs is 1. The number of aliphatic hydroxyl groups is 1. The summed E-state index contributed by atoms with van der Waals surface area (Å²) in [6.07, 6.45) is 7.95. The van der Waals surface area contributed by atoms with Crippen LogP contribution in [0, 0.1) is 18.7 Å². The molecule has 1 atom stereocenters. The maximum absolute atomic E-state index is 14.8. The zero-order chi connectivity index (χ0) is 19.9. The molecule has 0 bridgehead atoms. The Morgan fingerprint density at radius 2 is 1.96 bits per heavy atom. The third-order valence-corrected chi connectivity index (χ3v) is 6.10. The highest BCUT2D eigenvalue weighted by atomic mass is 19.1. The third-order valence-electron chi connectivity index (χ3n) is 6.10. The fourth-order valence-corrected chi connectivity index (χ4v) is 4.60. The molecule has 2 N–H and O–H groups in total. The molecule has 1 unspecified atom stereocenters. The minimum Gasteiger partial charge on any atom is -0.386 e. The molecule has 0 aliphatic heterocycles. The number of benzene rings is 1. The van der Waals surface area contributed by atoms with Crippen molar-refractivity contribution in [2.45, 2.75) is 64.4 Å². The highest BCUT2D eigenvalue weighted by Crippen LogP contribution is 2.39. The Morgan fingerprint density at radius 1 is 1.21 bits per heavy atom. The standard InChI is InChI=1S/C24H29FN2O/c1-15-10-18-13-22(27-23(18)26-14-15)19(11-16-6-4-5-7-16)17-8-9-20(21(25)12-17)24(2,3)28/h8-10,12-14,16,19,28H,4-7,11H2,1-3H3,(H,26,27). The second-order valence-electron chi connectivity index (χ2n) is 8.91. The van der Waals surface area contributed by atoms with E-state index in [2.05, 4.69) is 22.1 Å². The molecule has 1 fully saturated rings. The zero-order valence-corrected chi connectivity index (χ0v) is 16.9. The molecule has 0 spiro atoms. The summed E-state index contributed by atoms with van der Waals surface area (Å²) in [6, 6.07) is 9.61. The molecular weight excluding hydrogens is 351 g/mol. The maximum atomic E-state index is 14.8. The van der Waals surface area contributed by atoms with Crippen LogP contribution in [0.3, 0.4) is 0 Å². The number of aromatic nitrogens is 2. The van der Waals surface area contributed by atoms with Crippen molar-refractivity contribution in [1.82, 2.24) is 9.97 Å². The number of aromatic amines is 1. The minimum atomic E-state index is -1.19. The number of aryl methyl sites for hydroxylation is 1. The molecule has 0 amide bonds. The van der Waals surface area contributed by atoms with E-state index in [1.54, 1.807) is 26.0 Å². The lowest BCUT2D eigenvalue weighted by atomic mass is 9.84. The van der Waals surface area contributed by atoms with Crippen LogP contribution in [0.1, 0.15) is 74.3 Å². The molecule has 1 aliphatic rings. The largest absolute Gasteiger partial charge is 0.386 e. The van der Waals surface area contributed by atoms with Crippen LogP contribution < -0.4 is 0 Å². The average Bonchev–Trinajstić information content (AvgIpc) is 3.27. The fourth-order valence-electron chi connectivity index (χ4n) is 4.60. The van der Waals surface area contributed by atoms with Crippen LogP contribution in [0.15, 0.2) is 36.5 Å². The molecule has 148 valence electrons. The van der Waals surface area contributed by atoms with Gasteiger partial charge in [-0.05, 0) is 62.4 Å². The average molecular weight is 381 g/mol. The SMILES string of the molecule is Cc1cnc2[nH]c(C(CC3CCCC3)c3ccc(C(C)(C)O)c(F)c3)cc2c1. The van der Waals surface area contributed by atoms with Crippen molar-refractivity contribution in [3.8, 4) is 0 Å². The van der Waals surface area contributed by atoms with Crippen molar-refractivity contribution in [1.29, 1.82) is 0 Å². The fraction of sp³-hybridized carbons (Fsp3) is 0.458. The first-order valence-corrected chi connectivity index (χ1v) is 10.3. The zero-order valence-electron chi connectivity index (χ0n) is 16.9. The van der Waals surface area contributed by atoms with E-state index in [1.807, 2.05) is 19.2 Å². The first-order valence-electron chi connectivity index (χ1n) is 10.3. The molecule has 1 aromatic carbocycles. The van der Waals surface area contributed by atoms with Gasteiger partial charge in [-0.15, -0.1) is 0 Å². The second kappa shape index (κ2) is 7.32. The molecule has 2 aromatic heterocycles. The van der Waals surface area contributed by atoms with Gasteiger partial charge in [-0.2, -0.15) is 0 Å². The Kier molecular flexibility index (Phi) is 5.00. The van der Waals surface area contributed by atoms with Gasteiger partial charge >= 0.3 is 0 Å². The van der Waals surface area contributed by atoms with E-state index in [4.69, 9.17) is 0 Å². The highest BCUT2D eigenvalue weighted by molar-refractivity contribution is 5.77. The number of halogens is 1. The first kappa shape index (κ1) is 19.1. The summed E-state index contributed by atoms with van der Waals surface area (Å²) in [7, 11) is 0. The molecule has 4 heteroatoms. The summed E-state index contributed by atoms with van der Waals surface area (Å²) in [4.78, 5) is 7.99. The quantitative estimate of drug-likeness (QED) is 0.574. The Morgan fingerprint density at radius 3 is 2.64 bits per heavy atom.